The van der Waals surface area contributed by atoms with E-state index < -0.39 is 29.7 Å². The number of halogens is 3. The number of benzene rings is 1. The van der Waals surface area contributed by atoms with E-state index in [1.165, 1.54) is 23.4 Å². The van der Waals surface area contributed by atoms with Crippen LogP contribution in [0.4, 0.5) is 13.2 Å². The lowest BCUT2D eigenvalue weighted by atomic mass is 10.0. The summed E-state index contributed by atoms with van der Waals surface area (Å²) in [6.07, 6.45) is -3.21. The number of carbonyl (C=O) groups excluding carboxylic acids is 1. The molecule has 0 spiro atoms. The van der Waals surface area contributed by atoms with Crippen molar-refractivity contribution in [3.8, 4) is 11.4 Å². The molecule has 0 fully saturated rings. The summed E-state index contributed by atoms with van der Waals surface area (Å²) < 4.78 is 43.6. The molecule has 3 heterocycles. The molecular formula is C19H16F3N5O4. The molecule has 0 saturated carbocycles. The third-order valence-corrected chi connectivity index (χ3v) is 4.97. The van der Waals surface area contributed by atoms with Crippen molar-refractivity contribution < 1.29 is 32.4 Å². The summed E-state index contributed by atoms with van der Waals surface area (Å²) in [6, 6.07) is 3.64. The molecule has 1 aliphatic heterocycles. The molecule has 31 heavy (non-hydrogen) atoms. The van der Waals surface area contributed by atoms with Gasteiger partial charge in [0.1, 0.15) is 6.04 Å². The van der Waals surface area contributed by atoms with E-state index in [-0.39, 0.29) is 37.5 Å². The number of hydrogen-bond donors (Lipinski definition) is 2. The van der Waals surface area contributed by atoms with Gasteiger partial charge in [-0.2, -0.15) is 18.2 Å². The predicted octanol–water partition coefficient (Wildman–Crippen LogP) is 2.97. The van der Waals surface area contributed by atoms with Gasteiger partial charge in [-0.3, -0.25) is 9.59 Å². The van der Waals surface area contributed by atoms with Crippen LogP contribution in [0, 0.1) is 0 Å². The molecule has 0 aliphatic carbocycles. The number of carboxylic acids is 1. The van der Waals surface area contributed by atoms with E-state index in [0.717, 1.165) is 17.8 Å². The van der Waals surface area contributed by atoms with Crippen LogP contribution in [0.1, 0.15) is 41.7 Å². The second-order valence-electron chi connectivity index (χ2n) is 6.99. The van der Waals surface area contributed by atoms with Crippen molar-refractivity contribution in [2.75, 3.05) is 0 Å². The van der Waals surface area contributed by atoms with Crippen LogP contribution in [0.15, 0.2) is 35.1 Å². The van der Waals surface area contributed by atoms with Crippen LogP contribution in [-0.2, 0) is 28.7 Å². The van der Waals surface area contributed by atoms with Crippen molar-refractivity contribution in [3.63, 3.8) is 0 Å². The van der Waals surface area contributed by atoms with Crippen LogP contribution >= 0.6 is 0 Å². The van der Waals surface area contributed by atoms with Crippen molar-refractivity contribution in [1.82, 2.24) is 25.0 Å². The number of fused-ring (bicyclic) bond motifs is 1. The molecular weight excluding hydrogens is 419 g/mol. The van der Waals surface area contributed by atoms with E-state index in [0.29, 0.717) is 11.3 Å². The third-order valence-electron chi connectivity index (χ3n) is 4.97. The number of rotatable bonds is 5. The summed E-state index contributed by atoms with van der Waals surface area (Å²) in [5.74, 6) is -1.32. The molecule has 12 heteroatoms. The normalized spacial score (nSPS) is 16.2. The summed E-state index contributed by atoms with van der Waals surface area (Å²) in [5, 5.41) is 12.7. The van der Waals surface area contributed by atoms with Crippen molar-refractivity contribution in [1.29, 1.82) is 0 Å². The molecule has 0 bridgehead atoms. The van der Waals surface area contributed by atoms with Gasteiger partial charge in [0.25, 0.3) is 0 Å². The van der Waals surface area contributed by atoms with Gasteiger partial charge in [-0.15, -0.1) is 0 Å². The Bertz CT molecular complexity index is 1110. The van der Waals surface area contributed by atoms with Gasteiger partial charge in [0.05, 0.1) is 36.2 Å². The van der Waals surface area contributed by atoms with E-state index in [9.17, 15) is 22.8 Å². The highest BCUT2D eigenvalue weighted by atomic mass is 19.4. The first-order chi connectivity index (χ1) is 14.7. The number of imidazole rings is 1. The van der Waals surface area contributed by atoms with E-state index in [2.05, 4.69) is 20.1 Å². The molecule has 1 amide bonds. The zero-order valence-electron chi connectivity index (χ0n) is 15.9. The Morgan fingerprint density at radius 2 is 1.97 bits per heavy atom. The highest BCUT2D eigenvalue weighted by Crippen LogP contribution is 2.34. The van der Waals surface area contributed by atoms with E-state index in [1.807, 2.05) is 0 Å². The first kappa shape index (κ1) is 20.6. The lowest BCUT2D eigenvalue weighted by Gasteiger charge is -2.32. The molecule has 4 rings (SSSR count). The molecule has 0 saturated heterocycles. The SMILES string of the molecule is O=C(O)CCC(=O)N1Cc2[nH]cnc2C[C@H]1c1nc(-c2ccc(C(F)(F)F)cc2)no1. The monoisotopic (exact) mass is 435 g/mol. The van der Waals surface area contributed by atoms with Crippen molar-refractivity contribution in [2.45, 2.75) is 38.0 Å². The average Bonchev–Trinajstić information content (AvgIpc) is 3.39. The van der Waals surface area contributed by atoms with Crippen molar-refractivity contribution in [2.24, 2.45) is 0 Å². The van der Waals surface area contributed by atoms with Crippen LogP contribution in [0.3, 0.4) is 0 Å². The van der Waals surface area contributed by atoms with Gasteiger partial charge in [0, 0.05) is 18.4 Å². The van der Waals surface area contributed by atoms with Crippen molar-refractivity contribution >= 4 is 11.9 Å². The maximum absolute atomic E-state index is 12.8. The third kappa shape index (κ3) is 4.27. The number of alkyl halides is 3. The summed E-state index contributed by atoms with van der Waals surface area (Å²) in [5.41, 5.74) is 0.959. The average molecular weight is 435 g/mol. The summed E-state index contributed by atoms with van der Waals surface area (Å²) in [6.45, 7) is 0.163. The number of H-pyrrole nitrogens is 1. The summed E-state index contributed by atoms with van der Waals surface area (Å²) >= 11 is 0. The van der Waals surface area contributed by atoms with Crippen LogP contribution in [0.5, 0.6) is 0 Å². The summed E-state index contributed by atoms with van der Waals surface area (Å²) in [4.78, 5) is 36.4. The molecule has 3 aromatic rings. The number of nitrogens with zero attached hydrogens (tertiary/aromatic N) is 4. The van der Waals surface area contributed by atoms with Gasteiger partial charge >= 0.3 is 12.1 Å². The zero-order valence-corrected chi connectivity index (χ0v) is 15.9. The van der Waals surface area contributed by atoms with Crippen molar-refractivity contribution in [3.05, 3.63) is 53.4 Å². The zero-order chi connectivity index (χ0) is 22.2. The predicted molar refractivity (Wildman–Crippen MR) is 97.2 cm³/mol. The Labute approximate surface area is 172 Å². The molecule has 1 aromatic carbocycles. The Kier molecular flexibility index (Phi) is 5.21. The largest absolute Gasteiger partial charge is 0.481 e. The Balaban J connectivity index is 1.60. The number of carbonyl (C=O) groups is 2. The maximum Gasteiger partial charge on any atom is 0.416 e. The number of aliphatic carboxylic acids is 1. The van der Waals surface area contributed by atoms with E-state index >= 15 is 0 Å². The van der Waals surface area contributed by atoms with E-state index in [4.69, 9.17) is 9.63 Å². The fourth-order valence-electron chi connectivity index (χ4n) is 3.37. The van der Waals surface area contributed by atoms with Gasteiger partial charge in [-0.25, -0.2) is 4.98 Å². The highest BCUT2D eigenvalue weighted by Gasteiger charge is 2.36. The minimum atomic E-state index is -4.46. The summed E-state index contributed by atoms with van der Waals surface area (Å²) in [7, 11) is 0. The smallest absolute Gasteiger partial charge is 0.416 e. The second kappa shape index (κ2) is 7.85. The fourth-order valence-corrected chi connectivity index (χ4v) is 3.37. The van der Waals surface area contributed by atoms with E-state index in [1.54, 1.807) is 0 Å². The molecule has 162 valence electrons. The minimum absolute atomic E-state index is 0.0782. The van der Waals surface area contributed by atoms with Crippen LogP contribution in [0.25, 0.3) is 11.4 Å². The first-order valence-corrected chi connectivity index (χ1v) is 9.26. The molecule has 2 aromatic heterocycles. The Morgan fingerprint density at radius 1 is 1.23 bits per heavy atom. The molecule has 2 N–H and O–H groups in total. The molecule has 1 aliphatic rings. The number of hydrogen-bond acceptors (Lipinski definition) is 6. The minimum Gasteiger partial charge on any atom is -0.481 e. The highest BCUT2D eigenvalue weighted by molar-refractivity contribution is 5.81. The fraction of sp³-hybridized carbons (Fsp3) is 0.316. The van der Waals surface area contributed by atoms with Gasteiger partial charge in [0.15, 0.2) is 0 Å². The lowest BCUT2D eigenvalue weighted by molar-refractivity contribution is -0.142. The second-order valence-corrected chi connectivity index (χ2v) is 6.99. The topological polar surface area (TPSA) is 125 Å². The lowest BCUT2D eigenvalue weighted by Crippen LogP contribution is -2.39. The standard InChI is InChI=1S/C19H16F3N5O4/c20-19(21,22)11-3-1-10(2-4-11)17-25-18(31-26-17)14-7-12-13(24-9-23-12)8-27(14)15(28)5-6-16(29)30/h1-4,9,14H,5-8H2,(H,23,24)(H,29,30)/t14-/m0/s1. The Hall–Kier alpha value is -3.70. The number of carboxylic acid groups (broad SMARTS) is 1. The number of nitrogens with one attached hydrogen (secondary N) is 1. The molecule has 0 unspecified atom stereocenters. The molecule has 1 atom stereocenters. The van der Waals surface area contributed by atoms with Crippen LogP contribution in [-0.4, -0.2) is 42.0 Å². The van der Waals surface area contributed by atoms with Crippen LogP contribution in [0.2, 0.25) is 0 Å². The maximum atomic E-state index is 12.8. The van der Waals surface area contributed by atoms with Gasteiger partial charge < -0.3 is 19.5 Å². The van der Waals surface area contributed by atoms with Crippen LogP contribution < -0.4 is 0 Å². The first-order valence-electron chi connectivity index (χ1n) is 9.26. The number of amides is 1. The van der Waals surface area contributed by atoms with Gasteiger partial charge in [-0.1, -0.05) is 17.3 Å². The molecule has 0 radical (unpaired) electrons. The van der Waals surface area contributed by atoms with Gasteiger partial charge in [0.2, 0.25) is 17.6 Å². The number of aromatic nitrogens is 4. The van der Waals surface area contributed by atoms with Gasteiger partial charge in [-0.05, 0) is 12.1 Å². The molecule has 9 nitrogen and oxygen atoms in total. The Morgan fingerprint density at radius 3 is 2.65 bits per heavy atom. The quantitative estimate of drug-likeness (QED) is 0.631. The number of aromatic amines is 1.